The molecule has 0 bridgehead atoms. The van der Waals surface area contributed by atoms with Crippen LogP contribution in [0.4, 0.5) is 0 Å². The molecule has 2 N–H and O–H groups in total. The number of carboxylic acids is 1. The standard InChI is InChI=1S/C9H17NO4S/c1-9(2,3)7-5-15(13,14)4-6(10-7)8(11)12/h6-7,10H,4-5H2,1-3H3,(H,11,12). The normalized spacial score (nSPS) is 31.1. The fourth-order valence-corrected chi connectivity index (χ4v) is 3.54. The lowest BCUT2D eigenvalue weighted by Gasteiger charge is -2.37. The number of sulfone groups is 1. The predicted octanol–water partition coefficient (Wildman–Crippen LogP) is -0.128. The molecule has 2 atom stereocenters. The summed E-state index contributed by atoms with van der Waals surface area (Å²) in [5.74, 6) is -1.40. The van der Waals surface area contributed by atoms with Crippen molar-refractivity contribution in [1.29, 1.82) is 0 Å². The van der Waals surface area contributed by atoms with Crippen LogP contribution in [0.25, 0.3) is 0 Å². The van der Waals surface area contributed by atoms with Gasteiger partial charge in [0, 0.05) is 6.04 Å². The molecule has 15 heavy (non-hydrogen) atoms. The summed E-state index contributed by atoms with van der Waals surface area (Å²) in [6.45, 7) is 5.68. The van der Waals surface area contributed by atoms with Crippen LogP contribution in [0.1, 0.15) is 20.8 Å². The lowest BCUT2D eigenvalue weighted by atomic mass is 9.87. The van der Waals surface area contributed by atoms with Crippen molar-refractivity contribution in [2.75, 3.05) is 11.5 Å². The number of rotatable bonds is 1. The second-order valence-electron chi connectivity index (χ2n) is 5.05. The van der Waals surface area contributed by atoms with Gasteiger partial charge < -0.3 is 5.11 Å². The van der Waals surface area contributed by atoms with Crippen LogP contribution in [0.5, 0.6) is 0 Å². The van der Waals surface area contributed by atoms with Crippen LogP contribution in [0.2, 0.25) is 0 Å². The molecular formula is C9H17NO4S. The fourth-order valence-electron chi connectivity index (χ4n) is 1.56. The van der Waals surface area contributed by atoms with Gasteiger partial charge in [-0.05, 0) is 5.41 Å². The van der Waals surface area contributed by atoms with Gasteiger partial charge in [-0.3, -0.25) is 10.1 Å². The van der Waals surface area contributed by atoms with E-state index in [0.717, 1.165) is 0 Å². The molecule has 0 aromatic heterocycles. The highest BCUT2D eigenvalue weighted by molar-refractivity contribution is 7.91. The Bertz CT molecular complexity index is 355. The third-order valence-electron chi connectivity index (χ3n) is 2.59. The van der Waals surface area contributed by atoms with E-state index >= 15 is 0 Å². The molecule has 1 rings (SSSR count). The van der Waals surface area contributed by atoms with Gasteiger partial charge in [0.25, 0.3) is 0 Å². The summed E-state index contributed by atoms with van der Waals surface area (Å²) in [6.07, 6.45) is 0. The van der Waals surface area contributed by atoms with Crippen LogP contribution in [0.3, 0.4) is 0 Å². The van der Waals surface area contributed by atoms with E-state index in [1.165, 1.54) is 0 Å². The Labute approximate surface area is 89.8 Å². The van der Waals surface area contributed by atoms with Crippen molar-refractivity contribution >= 4 is 15.8 Å². The van der Waals surface area contributed by atoms with Crippen LogP contribution in [-0.4, -0.2) is 43.1 Å². The van der Waals surface area contributed by atoms with E-state index in [4.69, 9.17) is 5.11 Å². The summed E-state index contributed by atoms with van der Waals surface area (Å²) in [5, 5.41) is 11.7. The van der Waals surface area contributed by atoms with Crippen molar-refractivity contribution < 1.29 is 18.3 Å². The minimum absolute atomic E-state index is 0.0142. The Hall–Kier alpha value is -0.620. The molecule has 1 saturated heterocycles. The minimum atomic E-state index is -3.25. The summed E-state index contributed by atoms with van der Waals surface area (Å²) in [4.78, 5) is 10.8. The molecule has 0 radical (unpaired) electrons. The Balaban J connectivity index is 2.92. The van der Waals surface area contributed by atoms with E-state index in [1.807, 2.05) is 20.8 Å². The van der Waals surface area contributed by atoms with E-state index in [0.29, 0.717) is 0 Å². The molecule has 1 fully saturated rings. The maximum absolute atomic E-state index is 11.5. The second-order valence-corrected chi connectivity index (χ2v) is 7.21. The smallest absolute Gasteiger partial charge is 0.321 e. The van der Waals surface area contributed by atoms with Gasteiger partial charge in [0.15, 0.2) is 9.84 Å². The average molecular weight is 235 g/mol. The highest BCUT2D eigenvalue weighted by Crippen LogP contribution is 2.24. The lowest BCUT2D eigenvalue weighted by molar-refractivity contribution is -0.139. The van der Waals surface area contributed by atoms with Crippen LogP contribution < -0.4 is 5.32 Å². The molecule has 0 aromatic carbocycles. The molecular weight excluding hydrogens is 218 g/mol. The minimum Gasteiger partial charge on any atom is -0.480 e. The van der Waals surface area contributed by atoms with Crippen molar-refractivity contribution in [3.63, 3.8) is 0 Å². The summed E-state index contributed by atoms with van der Waals surface area (Å²) >= 11 is 0. The van der Waals surface area contributed by atoms with Gasteiger partial charge in [0.05, 0.1) is 11.5 Å². The van der Waals surface area contributed by atoms with Crippen molar-refractivity contribution in [1.82, 2.24) is 5.32 Å². The molecule has 88 valence electrons. The van der Waals surface area contributed by atoms with E-state index in [9.17, 15) is 13.2 Å². The van der Waals surface area contributed by atoms with Gasteiger partial charge in [0.2, 0.25) is 0 Å². The zero-order valence-electron chi connectivity index (χ0n) is 9.15. The number of aliphatic carboxylic acids is 1. The van der Waals surface area contributed by atoms with Crippen molar-refractivity contribution in [3.8, 4) is 0 Å². The van der Waals surface area contributed by atoms with Crippen molar-refractivity contribution in [2.45, 2.75) is 32.9 Å². The number of hydrogen-bond acceptors (Lipinski definition) is 4. The highest BCUT2D eigenvalue weighted by atomic mass is 32.2. The largest absolute Gasteiger partial charge is 0.480 e. The Morgan fingerprint density at radius 2 is 1.87 bits per heavy atom. The first-order valence-electron chi connectivity index (χ1n) is 4.81. The average Bonchev–Trinajstić information content (AvgIpc) is 1.99. The molecule has 0 amide bonds. The lowest BCUT2D eigenvalue weighted by Crippen LogP contribution is -2.59. The number of carboxylic acid groups (broad SMARTS) is 1. The van der Waals surface area contributed by atoms with Gasteiger partial charge in [-0.1, -0.05) is 20.8 Å². The molecule has 0 aliphatic carbocycles. The summed E-state index contributed by atoms with van der Waals surface area (Å²) in [6, 6.07) is -1.29. The Morgan fingerprint density at radius 1 is 1.33 bits per heavy atom. The van der Waals surface area contributed by atoms with E-state index in [1.54, 1.807) is 0 Å². The molecule has 0 saturated carbocycles. The number of carbonyl (C=O) groups is 1. The topological polar surface area (TPSA) is 83.5 Å². The molecule has 0 aromatic rings. The van der Waals surface area contributed by atoms with Crippen LogP contribution in [-0.2, 0) is 14.6 Å². The first kappa shape index (κ1) is 12.4. The van der Waals surface area contributed by atoms with Crippen LogP contribution >= 0.6 is 0 Å². The third kappa shape index (κ3) is 3.17. The molecule has 1 aliphatic heterocycles. The molecule has 5 nitrogen and oxygen atoms in total. The van der Waals surface area contributed by atoms with Crippen LogP contribution in [0, 0.1) is 5.41 Å². The van der Waals surface area contributed by atoms with Crippen molar-refractivity contribution in [2.24, 2.45) is 5.41 Å². The molecule has 6 heteroatoms. The van der Waals surface area contributed by atoms with Crippen LogP contribution in [0.15, 0.2) is 0 Å². The SMILES string of the molecule is CC(C)(C)C1CS(=O)(=O)CC(C(=O)O)N1. The summed E-state index contributed by atoms with van der Waals surface area (Å²) in [7, 11) is -3.25. The highest BCUT2D eigenvalue weighted by Gasteiger charge is 2.39. The first-order valence-corrected chi connectivity index (χ1v) is 6.63. The zero-order chi connectivity index (χ0) is 11.9. The van der Waals surface area contributed by atoms with Gasteiger partial charge in [-0.2, -0.15) is 0 Å². The number of nitrogens with one attached hydrogen (secondary N) is 1. The molecule has 1 aliphatic rings. The van der Waals surface area contributed by atoms with Crippen molar-refractivity contribution in [3.05, 3.63) is 0 Å². The summed E-state index contributed by atoms with van der Waals surface area (Å²) in [5.41, 5.74) is -0.263. The zero-order valence-corrected chi connectivity index (χ0v) is 9.97. The van der Waals surface area contributed by atoms with E-state index in [-0.39, 0.29) is 23.0 Å². The van der Waals surface area contributed by atoms with Gasteiger partial charge in [-0.15, -0.1) is 0 Å². The van der Waals surface area contributed by atoms with Gasteiger partial charge >= 0.3 is 5.97 Å². The Morgan fingerprint density at radius 3 is 2.27 bits per heavy atom. The van der Waals surface area contributed by atoms with Gasteiger partial charge in [-0.25, -0.2) is 8.42 Å². The van der Waals surface area contributed by atoms with E-state index in [2.05, 4.69) is 5.32 Å². The second kappa shape index (κ2) is 3.75. The van der Waals surface area contributed by atoms with Gasteiger partial charge in [0.1, 0.15) is 6.04 Å². The Kier molecular flexibility index (Phi) is 3.11. The maximum atomic E-state index is 11.5. The third-order valence-corrected chi connectivity index (χ3v) is 4.27. The predicted molar refractivity (Wildman–Crippen MR) is 56.5 cm³/mol. The van der Waals surface area contributed by atoms with E-state index < -0.39 is 21.8 Å². The summed E-state index contributed by atoms with van der Waals surface area (Å²) < 4.78 is 23.0. The quantitative estimate of drug-likeness (QED) is 0.661. The first-order chi connectivity index (χ1) is 6.62. The number of hydrogen-bond donors (Lipinski definition) is 2. The molecule has 1 heterocycles. The maximum Gasteiger partial charge on any atom is 0.321 e. The fraction of sp³-hybridized carbons (Fsp3) is 0.889. The monoisotopic (exact) mass is 235 g/mol. The molecule has 0 spiro atoms. The molecule has 2 unspecified atom stereocenters.